The summed E-state index contributed by atoms with van der Waals surface area (Å²) in [6.07, 6.45) is 4.85. The first-order valence-corrected chi connectivity index (χ1v) is 9.01. The third kappa shape index (κ3) is 6.64. The molecule has 0 atom stereocenters. The Morgan fingerprint density at radius 1 is 0.957 bits per heavy atom. The summed E-state index contributed by atoms with van der Waals surface area (Å²) in [6.45, 7) is 2.72. The van der Waals surface area contributed by atoms with E-state index < -0.39 is 10.1 Å². The Morgan fingerprint density at radius 2 is 1.52 bits per heavy atom. The number of hydrogen-bond donors (Lipinski definition) is 0. The highest BCUT2D eigenvalue weighted by atomic mass is 32.2. The van der Waals surface area contributed by atoms with Crippen LogP contribution in [-0.4, -0.2) is 18.7 Å². The zero-order valence-corrected chi connectivity index (χ0v) is 13.8. The van der Waals surface area contributed by atoms with Gasteiger partial charge in [0.25, 0.3) is 0 Å². The second kappa shape index (κ2) is 7.91. The van der Waals surface area contributed by atoms with E-state index in [2.05, 4.69) is 11.8 Å². The number of pyridine rings is 1. The molecule has 0 saturated carbocycles. The van der Waals surface area contributed by atoms with E-state index >= 15 is 0 Å². The van der Waals surface area contributed by atoms with Crippen LogP contribution in [-0.2, 0) is 16.7 Å². The number of nitrogens with zero attached hydrogens (tertiary/aromatic N) is 1. The fourth-order valence-corrected chi connectivity index (χ4v) is 2.60. The van der Waals surface area contributed by atoms with E-state index in [9.17, 15) is 13.0 Å². The van der Waals surface area contributed by atoms with Crippen LogP contribution in [0.25, 0.3) is 0 Å². The standard InChI is InChI=1S/C18H19NO3S/c1-16-4-6-17(7-5-16)8-9-18-10-13-19(14-11-18)12-2-3-15-23(20,21)22/h4-7,10-11,13-14H,2-3,12,15H2,1H3. The van der Waals surface area contributed by atoms with Crippen molar-refractivity contribution in [2.45, 2.75) is 26.3 Å². The van der Waals surface area contributed by atoms with E-state index in [1.165, 1.54) is 5.56 Å². The van der Waals surface area contributed by atoms with Gasteiger partial charge in [0, 0.05) is 35.4 Å². The van der Waals surface area contributed by atoms with Crippen molar-refractivity contribution in [2.24, 2.45) is 0 Å². The number of aromatic nitrogens is 1. The van der Waals surface area contributed by atoms with E-state index in [0.717, 1.165) is 11.1 Å². The van der Waals surface area contributed by atoms with Crippen LogP contribution >= 0.6 is 0 Å². The van der Waals surface area contributed by atoms with Crippen LogP contribution in [0.15, 0.2) is 48.8 Å². The molecule has 5 heteroatoms. The lowest BCUT2D eigenvalue weighted by atomic mass is 10.1. The molecule has 0 aliphatic carbocycles. The van der Waals surface area contributed by atoms with Gasteiger partial charge < -0.3 is 4.55 Å². The van der Waals surface area contributed by atoms with Gasteiger partial charge in [-0.3, -0.25) is 0 Å². The highest BCUT2D eigenvalue weighted by Crippen LogP contribution is 2.02. The smallest absolute Gasteiger partial charge is 0.170 e. The molecule has 4 nitrogen and oxygen atoms in total. The Kier molecular flexibility index (Phi) is 5.91. The molecule has 0 amide bonds. The van der Waals surface area contributed by atoms with Crippen molar-refractivity contribution in [3.63, 3.8) is 0 Å². The highest BCUT2D eigenvalue weighted by molar-refractivity contribution is 7.85. The molecule has 0 radical (unpaired) electrons. The molecule has 0 saturated heterocycles. The lowest BCUT2D eigenvalue weighted by molar-refractivity contribution is -0.697. The molecule has 23 heavy (non-hydrogen) atoms. The van der Waals surface area contributed by atoms with Crippen LogP contribution in [0.1, 0.15) is 29.5 Å². The van der Waals surface area contributed by atoms with E-state index in [0.29, 0.717) is 19.4 Å². The van der Waals surface area contributed by atoms with Gasteiger partial charge in [0.2, 0.25) is 0 Å². The van der Waals surface area contributed by atoms with Crippen molar-refractivity contribution in [3.05, 3.63) is 65.5 Å². The number of aryl methyl sites for hydroxylation is 2. The number of hydrogen-bond acceptors (Lipinski definition) is 3. The van der Waals surface area contributed by atoms with Crippen LogP contribution in [0.2, 0.25) is 0 Å². The van der Waals surface area contributed by atoms with Crippen molar-refractivity contribution < 1.29 is 17.5 Å². The van der Waals surface area contributed by atoms with Gasteiger partial charge in [0.15, 0.2) is 12.4 Å². The molecular weight excluding hydrogens is 310 g/mol. The summed E-state index contributed by atoms with van der Waals surface area (Å²) >= 11 is 0. The van der Waals surface area contributed by atoms with Gasteiger partial charge in [0.05, 0.1) is 10.1 Å². The van der Waals surface area contributed by atoms with Gasteiger partial charge in [-0.25, -0.2) is 13.0 Å². The molecule has 120 valence electrons. The summed E-state index contributed by atoms with van der Waals surface area (Å²) in [4.78, 5) is 0. The molecule has 0 unspecified atom stereocenters. The summed E-state index contributed by atoms with van der Waals surface area (Å²) in [7, 11) is -4.10. The molecule has 0 N–H and O–H groups in total. The molecule has 0 aliphatic heterocycles. The molecule has 1 aromatic carbocycles. The van der Waals surface area contributed by atoms with Crippen LogP contribution in [0.3, 0.4) is 0 Å². The largest absolute Gasteiger partial charge is 0.748 e. The summed E-state index contributed by atoms with van der Waals surface area (Å²) in [6, 6.07) is 11.9. The zero-order valence-electron chi connectivity index (χ0n) is 13.0. The van der Waals surface area contributed by atoms with Crippen LogP contribution in [0, 0.1) is 18.8 Å². The summed E-state index contributed by atoms with van der Waals surface area (Å²) in [5.41, 5.74) is 3.11. The highest BCUT2D eigenvalue weighted by Gasteiger charge is 2.01. The van der Waals surface area contributed by atoms with E-state index in [-0.39, 0.29) is 5.75 Å². The van der Waals surface area contributed by atoms with E-state index in [1.807, 2.05) is 60.3 Å². The monoisotopic (exact) mass is 329 g/mol. The first-order chi connectivity index (χ1) is 10.9. The fourth-order valence-electron chi connectivity index (χ4n) is 2.04. The molecule has 2 rings (SSSR count). The van der Waals surface area contributed by atoms with Gasteiger partial charge in [-0.1, -0.05) is 29.5 Å². The van der Waals surface area contributed by atoms with Crippen molar-refractivity contribution in [2.75, 3.05) is 5.75 Å². The number of unbranched alkanes of at least 4 members (excludes halogenated alkanes) is 1. The molecule has 0 bridgehead atoms. The molecule has 0 aliphatic rings. The quantitative estimate of drug-likeness (QED) is 0.365. The van der Waals surface area contributed by atoms with Gasteiger partial charge in [0.1, 0.15) is 6.54 Å². The van der Waals surface area contributed by atoms with Crippen molar-refractivity contribution >= 4 is 10.1 Å². The Morgan fingerprint density at radius 3 is 2.09 bits per heavy atom. The molecule has 1 heterocycles. The average Bonchev–Trinajstić information content (AvgIpc) is 2.51. The zero-order chi connectivity index (χ0) is 16.7. The minimum Gasteiger partial charge on any atom is -0.748 e. The summed E-state index contributed by atoms with van der Waals surface area (Å²) in [5.74, 6) is 5.93. The van der Waals surface area contributed by atoms with Crippen molar-refractivity contribution in [1.82, 2.24) is 0 Å². The van der Waals surface area contributed by atoms with Gasteiger partial charge in [-0.15, -0.1) is 0 Å². The summed E-state index contributed by atoms with van der Waals surface area (Å²) < 4.78 is 33.5. The molecule has 0 fully saturated rings. The maximum absolute atomic E-state index is 10.5. The first kappa shape index (κ1) is 17.2. The molecule has 0 spiro atoms. The molecular formula is C18H19NO3S. The summed E-state index contributed by atoms with van der Waals surface area (Å²) in [5, 5.41) is 0. The van der Waals surface area contributed by atoms with Gasteiger partial charge in [-0.05, 0) is 25.5 Å². The Labute approximate surface area is 137 Å². The second-order valence-corrected chi connectivity index (χ2v) is 6.93. The van der Waals surface area contributed by atoms with Crippen molar-refractivity contribution in [3.8, 4) is 11.8 Å². The van der Waals surface area contributed by atoms with Gasteiger partial charge >= 0.3 is 0 Å². The fraction of sp³-hybridized carbons (Fsp3) is 0.278. The third-order valence-electron chi connectivity index (χ3n) is 3.35. The predicted octanol–water partition coefficient (Wildman–Crippen LogP) is 2.01. The van der Waals surface area contributed by atoms with Crippen LogP contribution in [0.5, 0.6) is 0 Å². The average molecular weight is 329 g/mol. The number of rotatable bonds is 5. The SMILES string of the molecule is Cc1ccc(C#Cc2cc[n+](CCCCS(=O)(=O)[O-])cc2)cc1. The van der Waals surface area contributed by atoms with Crippen LogP contribution < -0.4 is 4.57 Å². The maximum atomic E-state index is 10.5. The lowest BCUT2D eigenvalue weighted by Crippen LogP contribution is -2.32. The molecule has 2 aromatic rings. The number of benzene rings is 1. The topological polar surface area (TPSA) is 61.1 Å². The van der Waals surface area contributed by atoms with E-state index in [4.69, 9.17) is 0 Å². The minimum absolute atomic E-state index is 0.298. The first-order valence-electron chi connectivity index (χ1n) is 7.44. The Hall–Kier alpha value is -2.16. The van der Waals surface area contributed by atoms with Gasteiger partial charge in [-0.2, -0.15) is 0 Å². The second-order valence-electron chi connectivity index (χ2n) is 5.41. The Balaban J connectivity index is 1.88. The van der Waals surface area contributed by atoms with Crippen LogP contribution in [0.4, 0.5) is 0 Å². The third-order valence-corrected chi connectivity index (χ3v) is 4.14. The normalized spacial score (nSPS) is 10.9. The van der Waals surface area contributed by atoms with Crippen molar-refractivity contribution in [1.29, 1.82) is 0 Å². The maximum Gasteiger partial charge on any atom is 0.170 e. The predicted molar refractivity (Wildman–Crippen MR) is 87.6 cm³/mol. The lowest BCUT2D eigenvalue weighted by Gasteiger charge is -2.04. The van der Waals surface area contributed by atoms with E-state index in [1.54, 1.807) is 0 Å². The minimum atomic E-state index is -4.10. The Bertz CT molecular complexity index is 798. The molecule has 1 aromatic heterocycles.